The largest absolute Gasteiger partial charge is 0.113 e. The van der Waals surface area contributed by atoms with Crippen LogP contribution in [0.5, 0.6) is 0 Å². The van der Waals surface area contributed by atoms with Crippen molar-refractivity contribution >= 4 is 57.4 Å². The highest BCUT2D eigenvalue weighted by atomic mass is 127. The Morgan fingerprint density at radius 3 is 2.00 bits per heavy atom. The molecule has 2 aromatic rings. The van der Waals surface area contributed by atoms with Gasteiger partial charge in [0.25, 0.3) is 0 Å². The van der Waals surface area contributed by atoms with Crippen molar-refractivity contribution in [1.29, 1.82) is 0 Å². The maximum Gasteiger partial charge on any atom is 0.0836 e. The zero-order valence-electron chi connectivity index (χ0n) is 8.63. The monoisotopic (exact) mass is 396 g/mol. The molecular formula is C13H8Cl3I. The van der Waals surface area contributed by atoms with Crippen LogP contribution in [0.15, 0.2) is 42.5 Å². The van der Waals surface area contributed by atoms with E-state index in [9.17, 15) is 0 Å². The van der Waals surface area contributed by atoms with Crippen LogP contribution in [0, 0.1) is 3.57 Å². The van der Waals surface area contributed by atoms with Crippen molar-refractivity contribution < 1.29 is 0 Å². The second-order valence-corrected chi connectivity index (χ2v) is 6.08. The zero-order valence-corrected chi connectivity index (χ0v) is 13.1. The average Bonchev–Trinajstić information content (AvgIpc) is 2.33. The van der Waals surface area contributed by atoms with Crippen LogP contribution in [0.4, 0.5) is 0 Å². The maximum absolute atomic E-state index is 6.40. The number of hydrogen-bond donors (Lipinski definition) is 0. The maximum atomic E-state index is 6.40. The highest BCUT2D eigenvalue weighted by Gasteiger charge is 2.11. The summed E-state index contributed by atoms with van der Waals surface area (Å²) in [6, 6.07) is 13.6. The van der Waals surface area contributed by atoms with Crippen molar-refractivity contribution in [3.63, 3.8) is 0 Å². The van der Waals surface area contributed by atoms with Gasteiger partial charge in [-0.05, 0) is 58.0 Å². The van der Waals surface area contributed by atoms with E-state index in [1.54, 1.807) is 12.1 Å². The summed E-state index contributed by atoms with van der Waals surface area (Å²) in [5.41, 5.74) is 1.99. The molecule has 0 fully saturated rings. The molecule has 0 nitrogen and oxygen atoms in total. The standard InChI is InChI=1S/C13H8Cl3I/c14-11-6-3-9(7-12(11)15)13(16)8-1-4-10(17)5-2-8/h1-7,13H. The second-order valence-electron chi connectivity index (χ2n) is 3.59. The van der Waals surface area contributed by atoms with Crippen molar-refractivity contribution in [1.82, 2.24) is 0 Å². The molecule has 2 aromatic carbocycles. The molecule has 4 heteroatoms. The minimum Gasteiger partial charge on any atom is -0.113 e. The van der Waals surface area contributed by atoms with Crippen LogP contribution in [0.1, 0.15) is 16.5 Å². The van der Waals surface area contributed by atoms with Crippen molar-refractivity contribution in [2.24, 2.45) is 0 Å². The van der Waals surface area contributed by atoms with Gasteiger partial charge in [0.15, 0.2) is 0 Å². The molecule has 0 spiro atoms. The minimum absolute atomic E-state index is 0.207. The molecule has 88 valence electrons. The molecule has 17 heavy (non-hydrogen) atoms. The Morgan fingerprint density at radius 2 is 1.41 bits per heavy atom. The third-order valence-electron chi connectivity index (χ3n) is 2.40. The topological polar surface area (TPSA) is 0 Å². The summed E-state index contributed by atoms with van der Waals surface area (Å²) in [4.78, 5) is 0. The van der Waals surface area contributed by atoms with E-state index in [4.69, 9.17) is 34.8 Å². The molecular weight excluding hydrogens is 389 g/mol. The zero-order chi connectivity index (χ0) is 12.4. The van der Waals surface area contributed by atoms with Crippen LogP contribution in [0.3, 0.4) is 0 Å². The predicted octanol–water partition coefficient (Wildman–Crippen LogP) is 5.93. The van der Waals surface area contributed by atoms with E-state index in [2.05, 4.69) is 22.6 Å². The summed E-state index contributed by atoms with van der Waals surface area (Å²) in [6.45, 7) is 0. The van der Waals surface area contributed by atoms with E-state index in [0.717, 1.165) is 11.1 Å². The first kappa shape index (κ1) is 13.5. The lowest BCUT2D eigenvalue weighted by Crippen LogP contribution is -1.93. The second kappa shape index (κ2) is 5.79. The van der Waals surface area contributed by atoms with Crippen LogP contribution in [-0.4, -0.2) is 0 Å². The number of halogens is 4. The molecule has 0 aliphatic carbocycles. The molecule has 2 rings (SSSR count). The van der Waals surface area contributed by atoms with E-state index in [1.807, 2.05) is 30.3 Å². The number of rotatable bonds is 2. The van der Waals surface area contributed by atoms with Gasteiger partial charge in [-0.3, -0.25) is 0 Å². The molecule has 0 amide bonds. The lowest BCUT2D eigenvalue weighted by atomic mass is 10.0. The quantitative estimate of drug-likeness (QED) is 0.435. The van der Waals surface area contributed by atoms with Gasteiger partial charge in [-0.25, -0.2) is 0 Å². The van der Waals surface area contributed by atoms with Gasteiger partial charge in [0, 0.05) is 3.57 Å². The Kier molecular flexibility index (Phi) is 4.59. The number of alkyl halides is 1. The Labute approximate surface area is 129 Å². The van der Waals surface area contributed by atoms with E-state index in [1.165, 1.54) is 3.57 Å². The van der Waals surface area contributed by atoms with Gasteiger partial charge in [-0.15, -0.1) is 11.6 Å². The molecule has 0 aliphatic heterocycles. The summed E-state index contributed by atoms with van der Waals surface area (Å²) >= 11 is 20.5. The van der Waals surface area contributed by atoms with Crippen LogP contribution < -0.4 is 0 Å². The van der Waals surface area contributed by atoms with Gasteiger partial charge in [0.1, 0.15) is 0 Å². The van der Waals surface area contributed by atoms with Crippen LogP contribution in [0.2, 0.25) is 10.0 Å². The van der Waals surface area contributed by atoms with Gasteiger partial charge < -0.3 is 0 Å². The molecule has 1 atom stereocenters. The van der Waals surface area contributed by atoms with Gasteiger partial charge >= 0.3 is 0 Å². The molecule has 0 N–H and O–H groups in total. The van der Waals surface area contributed by atoms with Gasteiger partial charge in [0.2, 0.25) is 0 Å². The predicted molar refractivity (Wildman–Crippen MR) is 83.3 cm³/mol. The number of hydrogen-bond acceptors (Lipinski definition) is 0. The summed E-state index contributed by atoms with van der Waals surface area (Å²) in [7, 11) is 0. The van der Waals surface area contributed by atoms with Crippen molar-refractivity contribution in [2.75, 3.05) is 0 Å². The van der Waals surface area contributed by atoms with Gasteiger partial charge in [0.05, 0.1) is 15.4 Å². The fourth-order valence-corrected chi connectivity index (χ4v) is 2.44. The van der Waals surface area contributed by atoms with Crippen LogP contribution in [-0.2, 0) is 0 Å². The van der Waals surface area contributed by atoms with Crippen molar-refractivity contribution in [3.05, 3.63) is 67.2 Å². The van der Waals surface area contributed by atoms with E-state index in [-0.39, 0.29) is 5.38 Å². The van der Waals surface area contributed by atoms with Crippen molar-refractivity contribution in [2.45, 2.75) is 5.38 Å². The lowest BCUT2D eigenvalue weighted by Gasteiger charge is -2.11. The molecule has 0 saturated heterocycles. The first-order chi connectivity index (χ1) is 8.08. The first-order valence-corrected chi connectivity index (χ1v) is 7.19. The molecule has 0 heterocycles. The summed E-state index contributed by atoms with van der Waals surface area (Å²) < 4.78 is 1.18. The smallest absolute Gasteiger partial charge is 0.0836 e. The summed E-state index contributed by atoms with van der Waals surface area (Å²) in [6.07, 6.45) is 0. The third kappa shape index (κ3) is 3.28. The highest BCUT2D eigenvalue weighted by Crippen LogP contribution is 2.32. The molecule has 0 bridgehead atoms. The van der Waals surface area contributed by atoms with Gasteiger partial charge in [-0.1, -0.05) is 41.4 Å². The SMILES string of the molecule is Clc1ccc(C(Cl)c2ccc(I)cc2)cc1Cl. The normalized spacial score (nSPS) is 12.5. The van der Waals surface area contributed by atoms with Crippen LogP contribution in [0.25, 0.3) is 0 Å². The average molecular weight is 397 g/mol. The van der Waals surface area contributed by atoms with E-state index < -0.39 is 0 Å². The van der Waals surface area contributed by atoms with E-state index in [0.29, 0.717) is 10.0 Å². The summed E-state index contributed by atoms with van der Waals surface area (Å²) in [5.74, 6) is 0. The lowest BCUT2D eigenvalue weighted by molar-refractivity contribution is 1.14. The molecule has 0 radical (unpaired) electrons. The van der Waals surface area contributed by atoms with E-state index >= 15 is 0 Å². The summed E-state index contributed by atoms with van der Waals surface area (Å²) in [5, 5.41) is 0.865. The Bertz CT molecular complexity index is 523. The fraction of sp³-hybridized carbons (Fsp3) is 0.0769. The van der Waals surface area contributed by atoms with Crippen LogP contribution >= 0.6 is 57.4 Å². The van der Waals surface area contributed by atoms with Crippen molar-refractivity contribution in [3.8, 4) is 0 Å². The number of benzene rings is 2. The highest BCUT2D eigenvalue weighted by molar-refractivity contribution is 14.1. The minimum atomic E-state index is -0.207. The van der Waals surface area contributed by atoms with Gasteiger partial charge in [-0.2, -0.15) is 0 Å². The Hall–Kier alpha value is 0.0400. The fourth-order valence-electron chi connectivity index (χ4n) is 1.49. The molecule has 0 saturated carbocycles. The third-order valence-corrected chi connectivity index (χ3v) is 4.36. The molecule has 0 aromatic heterocycles. The first-order valence-electron chi connectivity index (χ1n) is 4.92. The Morgan fingerprint density at radius 1 is 0.824 bits per heavy atom. The Balaban J connectivity index is 2.33. The molecule has 1 unspecified atom stereocenters. The molecule has 0 aliphatic rings.